The summed E-state index contributed by atoms with van der Waals surface area (Å²) in [6.07, 6.45) is 4.23. The topological polar surface area (TPSA) is 67.7 Å². The van der Waals surface area contributed by atoms with Crippen LogP contribution >= 0.6 is 0 Å². The van der Waals surface area contributed by atoms with E-state index in [-0.39, 0.29) is 11.9 Å². The molecule has 3 atom stereocenters. The van der Waals surface area contributed by atoms with Gasteiger partial charge in [0.1, 0.15) is 36.3 Å². The lowest BCUT2D eigenvalue weighted by Gasteiger charge is -2.31. The quantitative estimate of drug-likeness (QED) is 0.275. The van der Waals surface area contributed by atoms with Crippen molar-refractivity contribution >= 4 is 11.1 Å². The molecule has 1 fully saturated rings. The molecule has 204 valence electrons. The number of nitrogens with zero attached hydrogens (tertiary/aromatic N) is 3. The first-order valence-electron chi connectivity index (χ1n) is 14.0. The fraction of sp³-hybridized carbons (Fsp3) is 0.294. The van der Waals surface area contributed by atoms with Crippen molar-refractivity contribution in [3.8, 4) is 28.5 Å². The van der Waals surface area contributed by atoms with Crippen molar-refractivity contribution in [2.75, 3.05) is 19.7 Å². The van der Waals surface area contributed by atoms with Crippen LogP contribution in [-0.2, 0) is 0 Å². The Kier molecular flexibility index (Phi) is 7.27. The van der Waals surface area contributed by atoms with Gasteiger partial charge in [0.25, 0.3) is 0 Å². The molecule has 40 heavy (non-hydrogen) atoms. The van der Waals surface area contributed by atoms with Crippen LogP contribution in [0.4, 0.5) is 0 Å². The van der Waals surface area contributed by atoms with Gasteiger partial charge in [-0.15, -0.1) is 0 Å². The molecule has 4 aromatic rings. The highest BCUT2D eigenvalue weighted by Gasteiger charge is 2.30. The van der Waals surface area contributed by atoms with Crippen molar-refractivity contribution in [2.24, 2.45) is 5.92 Å². The minimum absolute atomic E-state index is 0.224. The predicted molar refractivity (Wildman–Crippen MR) is 158 cm³/mol. The molecule has 6 nitrogen and oxygen atoms in total. The first-order chi connectivity index (χ1) is 19.5. The van der Waals surface area contributed by atoms with Crippen LogP contribution in [0.25, 0.3) is 22.4 Å². The minimum Gasteiger partial charge on any atom is -0.508 e. The van der Waals surface area contributed by atoms with Crippen LogP contribution in [-0.4, -0.2) is 45.7 Å². The van der Waals surface area contributed by atoms with Gasteiger partial charge in [-0.25, -0.2) is 9.97 Å². The number of phenols is 1. The zero-order valence-electron chi connectivity index (χ0n) is 23.2. The van der Waals surface area contributed by atoms with Crippen LogP contribution in [0.1, 0.15) is 50.0 Å². The summed E-state index contributed by atoms with van der Waals surface area (Å²) >= 11 is 0. The Balaban J connectivity index is 1.30. The van der Waals surface area contributed by atoms with E-state index in [1.165, 1.54) is 6.42 Å². The lowest BCUT2D eigenvalue weighted by Crippen LogP contribution is -2.35. The molecule has 3 unspecified atom stereocenters. The fourth-order valence-corrected chi connectivity index (χ4v) is 5.78. The van der Waals surface area contributed by atoms with Gasteiger partial charge in [0, 0.05) is 35.5 Å². The molecule has 0 amide bonds. The van der Waals surface area contributed by atoms with Crippen molar-refractivity contribution in [2.45, 2.75) is 39.3 Å². The van der Waals surface area contributed by atoms with E-state index in [0.29, 0.717) is 12.6 Å². The number of aromatic nitrogens is 2. The number of hydrogen-bond donors (Lipinski definition) is 1. The van der Waals surface area contributed by atoms with Gasteiger partial charge in [0.05, 0.1) is 5.69 Å². The highest BCUT2D eigenvalue weighted by molar-refractivity contribution is 5.96. The zero-order valence-corrected chi connectivity index (χ0v) is 23.2. The molecule has 3 aromatic carbocycles. The number of aromatic hydroxyl groups is 1. The molecule has 2 aliphatic rings. The van der Waals surface area contributed by atoms with Crippen molar-refractivity contribution in [3.05, 3.63) is 102 Å². The number of allylic oxidation sites excluding steroid dienone is 1. The van der Waals surface area contributed by atoms with Gasteiger partial charge in [0.15, 0.2) is 0 Å². The third-order valence-electron chi connectivity index (χ3n) is 8.08. The van der Waals surface area contributed by atoms with E-state index in [1.807, 2.05) is 42.5 Å². The summed E-state index contributed by atoms with van der Waals surface area (Å²) in [6, 6.07) is 24.1. The molecule has 0 radical (unpaired) electrons. The monoisotopic (exact) mass is 533 g/mol. The molecule has 1 aromatic heterocycles. The summed E-state index contributed by atoms with van der Waals surface area (Å²) in [5, 5.41) is 10.3. The lowest BCUT2D eigenvalue weighted by atomic mass is 9.85. The van der Waals surface area contributed by atoms with Crippen molar-refractivity contribution in [1.82, 2.24) is 14.9 Å². The zero-order chi connectivity index (χ0) is 27.6. The van der Waals surface area contributed by atoms with E-state index in [9.17, 15) is 5.11 Å². The van der Waals surface area contributed by atoms with Gasteiger partial charge in [-0.05, 0) is 98.0 Å². The van der Waals surface area contributed by atoms with Gasteiger partial charge in [-0.3, -0.25) is 4.90 Å². The van der Waals surface area contributed by atoms with E-state index >= 15 is 0 Å². The number of ether oxygens (including phenoxy) is 2. The number of benzene rings is 3. The molecule has 1 N–H and O–H groups in total. The second-order valence-electron chi connectivity index (χ2n) is 11.0. The third kappa shape index (κ3) is 5.32. The Bertz CT molecular complexity index is 1520. The van der Waals surface area contributed by atoms with Gasteiger partial charge in [-0.2, -0.15) is 0 Å². The molecule has 6 rings (SSSR count). The predicted octanol–water partition coefficient (Wildman–Crippen LogP) is 7.02. The van der Waals surface area contributed by atoms with Crippen LogP contribution in [0.15, 0.2) is 85.3 Å². The average molecular weight is 534 g/mol. The SMILES string of the molecule is CC1=C(c2cccc(O)c2)C(c2ccc(OCC(C)N3CCC(C)C3)cc2)Oc2ccc(-c3ccncn3)cc21. The Morgan fingerprint density at radius 3 is 2.62 bits per heavy atom. The molecule has 0 saturated carbocycles. The summed E-state index contributed by atoms with van der Waals surface area (Å²) in [5.74, 6) is 2.66. The minimum atomic E-state index is -0.335. The van der Waals surface area contributed by atoms with Gasteiger partial charge >= 0.3 is 0 Å². The maximum Gasteiger partial charge on any atom is 0.150 e. The van der Waals surface area contributed by atoms with E-state index in [1.54, 1.807) is 24.7 Å². The summed E-state index contributed by atoms with van der Waals surface area (Å²) in [7, 11) is 0. The van der Waals surface area contributed by atoms with Crippen molar-refractivity contribution in [1.29, 1.82) is 0 Å². The maximum absolute atomic E-state index is 10.3. The lowest BCUT2D eigenvalue weighted by molar-refractivity contribution is 0.169. The second kappa shape index (κ2) is 11.1. The molecule has 1 saturated heterocycles. The number of phenolic OH excluding ortho intramolecular Hbond substituents is 1. The van der Waals surface area contributed by atoms with Crippen LogP contribution in [0.5, 0.6) is 17.2 Å². The van der Waals surface area contributed by atoms with E-state index < -0.39 is 0 Å². The van der Waals surface area contributed by atoms with Crippen molar-refractivity contribution in [3.63, 3.8) is 0 Å². The maximum atomic E-state index is 10.3. The van der Waals surface area contributed by atoms with Crippen molar-refractivity contribution < 1.29 is 14.6 Å². The summed E-state index contributed by atoms with van der Waals surface area (Å²) < 4.78 is 12.9. The summed E-state index contributed by atoms with van der Waals surface area (Å²) in [6.45, 7) is 9.64. The Labute approximate surface area is 236 Å². The highest BCUT2D eigenvalue weighted by atomic mass is 16.5. The fourth-order valence-electron chi connectivity index (χ4n) is 5.78. The molecular formula is C34H35N3O3. The summed E-state index contributed by atoms with van der Waals surface area (Å²) in [4.78, 5) is 11.0. The Hall–Kier alpha value is -4.16. The number of fused-ring (bicyclic) bond motifs is 1. The molecule has 6 heteroatoms. The van der Waals surface area contributed by atoms with E-state index in [4.69, 9.17) is 9.47 Å². The van der Waals surface area contributed by atoms with Gasteiger partial charge < -0.3 is 14.6 Å². The first kappa shape index (κ1) is 26.1. The van der Waals surface area contributed by atoms with Crippen LogP contribution in [0, 0.1) is 5.92 Å². The largest absolute Gasteiger partial charge is 0.508 e. The number of likely N-dealkylation sites (tertiary alicyclic amines) is 1. The summed E-state index contributed by atoms with van der Waals surface area (Å²) in [5.41, 5.74) is 6.94. The number of hydrogen-bond acceptors (Lipinski definition) is 6. The molecule has 0 aliphatic carbocycles. The standard InChI is InChI=1S/C34H35N3O3/c1-22-14-16-37(19-22)23(2)20-39-29-10-7-25(8-11-29)34-33(27-5-4-6-28(38)17-27)24(3)30-18-26(9-12-32(30)40-34)31-13-15-35-21-36-31/h4-13,15,17-18,21-23,34,38H,14,16,19-20H2,1-3H3. The average Bonchev–Trinajstić information content (AvgIpc) is 3.42. The van der Waals surface area contributed by atoms with Crippen LogP contribution in [0.3, 0.4) is 0 Å². The second-order valence-corrected chi connectivity index (χ2v) is 11.0. The van der Waals surface area contributed by atoms with E-state index in [2.05, 4.69) is 53.8 Å². The van der Waals surface area contributed by atoms with Crippen LogP contribution < -0.4 is 9.47 Å². The normalized spacial score (nSPS) is 19.7. The Morgan fingerprint density at radius 1 is 1.05 bits per heavy atom. The van der Waals surface area contributed by atoms with Gasteiger partial charge in [0.2, 0.25) is 0 Å². The highest BCUT2D eigenvalue weighted by Crippen LogP contribution is 2.47. The Morgan fingerprint density at radius 2 is 1.90 bits per heavy atom. The third-order valence-corrected chi connectivity index (χ3v) is 8.08. The molecule has 0 bridgehead atoms. The molecule has 3 heterocycles. The molecule has 0 spiro atoms. The van der Waals surface area contributed by atoms with Crippen LogP contribution in [0.2, 0.25) is 0 Å². The molecule has 2 aliphatic heterocycles. The number of rotatable bonds is 7. The van der Waals surface area contributed by atoms with Gasteiger partial charge in [-0.1, -0.05) is 31.2 Å². The first-order valence-corrected chi connectivity index (χ1v) is 14.0. The van der Waals surface area contributed by atoms with E-state index in [0.717, 1.165) is 69.6 Å². The molecular weight excluding hydrogens is 498 g/mol. The smallest absolute Gasteiger partial charge is 0.150 e.